The van der Waals surface area contributed by atoms with Gasteiger partial charge in [0.15, 0.2) is 0 Å². The predicted molar refractivity (Wildman–Crippen MR) is 79.6 cm³/mol. The monoisotopic (exact) mass is 344 g/mol. The number of aromatic nitrogens is 1. The number of carbonyl (C=O) groups excluding carboxylic acids is 1. The Kier molecular flexibility index (Phi) is 5.25. The summed E-state index contributed by atoms with van der Waals surface area (Å²) in [6, 6.07) is 7.40. The molecule has 3 nitrogen and oxygen atoms in total. The number of rotatable bonds is 4. The van der Waals surface area contributed by atoms with Crippen LogP contribution in [0.25, 0.3) is 0 Å². The second kappa shape index (κ2) is 6.99. The van der Waals surface area contributed by atoms with Crippen molar-refractivity contribution in [1.29, 1.82) is 0 Å². The van der Waals surface area contributed by atoms with Crippen LogP contribution in [0.2, 0.25) is 0 Å². The molecule has 0 radical (unpaired) electrons. The van der Waals surface area contributed by atoms with E-state index in [0.29, 0.717) is 10.7 Å². The summed E-state index contributed by atoms with van der Waals surface area (Å²) in [5.41, 5.74) is -0.408. The molecule has 2 aromatic rings. The molecule has 0 fully saturated rings. The maximum absolute atomic E-state index is 12.8. The van der Waals surface area contributed by atoms with Gasteiger partial charge in [-0.2, -0.15) is 13.2 Å². The number of anilines is 1. The quantitative estimate of drug-likeness (QED) is 0.662. The van der Waals surface area contributed by atoms with Crippen molar-refractivity contribution in [3.05, 3.63) is 54.0 Å². The van der Waals surface area contributed by atoms with Gasteiger partial charge in [-0.05, 0) is 43.3 Å². The second-order valence-corrected chi connectivity index (χ2v) is 6.00. The fourth-order valence-corrected chi connectivity index (χ4v) is 2.42. The Balaban J connectivity index is 1.96. The largest absolute Gasteiger partial charge is 0.417 e. The van der Waals surface area contributed by atoms with Crippen molar-refractivity contribution in [3.63, 3.8) is 0 Å². The Hall–Kier alpha value is -2.09. The lowest BCUT2D eigenvalue weighted by molar-refractivity contribution is -0.137. The minimum Gasteiger partial charge on any atom is -0.325 e. The third-order valence-corrected chi connectivity index (χ3v) is 3.89. The standard InChI is InChI=1S/C15H12F4N2OS/c1-9(14(22)21-12-5-3-11(16)4-6-12)23-13-7-2-10(8-20-13)15(17,18)19/h2-9H,1H3,(H,21,22). The predicted octanol–water partition coefficient (Wildman–Crippen LogP) is 4.36. The summed E-state index contributed by atoms with van der Waals surface area (Å²) < 4.78 is 50.1. The van der Waals surface area contributed by atoms with Crippen LogP contribution in [-0.2, 0) is 11.0 Å². The van der Waals surface area contributed by atoms with E-state index in [0.717, 1.165) is 24.0 Å². The molecular formula is C15H12F4N2OS. The van der Waals surface area contributed by atoms with E-state index in [-0.39, 0.29) is 5.91 Å². The summed E-state index contributed by atoms with van der Waals surface area (Å²) in [7, 11) is 0. The van der Waals surface area contributed by atoms with Crippen molar-refractivity contribution in [2.75, 3.05) is 5.32 Å². The Morgan fingerprint density at radius 1 is 1.17 bits per heavy atom. The second-order valence-electron chi connectivity index (χ2n) is 4.64. The highest BCUT2D eigenvalue weighted by atomic mass is 32.2. The van der Waals surface area contributed by atoms with Gasteiger partial charge in [0.2, 0.25) is 5.91 Å². The summed E-state index contributed by atoms with van der Waals surface area (Å²) in [6.07, 6.45) is -3.71. The molecule has 0 aliphatic carbocycles. The molecule has 1 heterocycles. The average molecular weight is 344 g/mol. The van der Waals surface area contributed by atoms with E-state index in [1.54, 1.807) is 6.92 Å². The summed E-state index contributed by atoms with van der Waals surface area (Å²) in [4.78, 5) is 15.7. The van der Waals surface area contributed by atoms with Gasteiger partial charge in [-0.15, -0.1) is 0 Å². The molecule has 0 saturated carbocycles. The number of pyridine rings is 1. The Labute approximate surface area is 134 Å². The molecule has 1 aromatic carbocycles. The minimum absolute atomic E-state index is 0.305. The molecule has 8 heteroatoms. The summed E-state index contributed by atoms with van der Waals surface area (Å²) in [5.74, 6) is -0.775. The van der Waals surface area contributed by atoms with Crippen LogP contribution in [0.15, 0.2) is 47.6 Å². The molecular weight excluding hydrogens is 332 g/mol. The summed E-state index contributed by atoms with van der Waals surface area (Å²) in [6.45, 7) is 1.60. The molecule has 0 aliphatic rings. The summed E-state index contributed by atoms with van der Waals surface area (Å²) >= 11 is 1.03. The number of thioether (sulfide) groups is 1. The molecule has 0 spiro atoms. The van der Waals surface area contributed by atoms with Gasteiger partial charge in [0.1, 0.15) is 5.82 Å². The molecule has 122 valence electrons. The first kappa shape index (κ1) is 17.3. The van der Waals surface area contributed by atoms with Crippen molar-refractivity contribution in [1.82, 2.24) is 4.98 Å². The van der Waals surface area contributed by atoms with Gasteiger partial charge in [0.25, 0.3) is 0 Å². The molecule has 23 heavy (non-hydrogen) atoms. The van der Waals surface area contributed by atoms with Gasteiger partial charge in [-0.25, -0.2) is 9.37 Å². The van der Waals surface area contributed by atoms with E-state index in [4.69, 9.17) is 0 Å². The molecule has 2 rings (SSSR count). The zero-order valence-electron chi connectivity index (χ0n) is 11.9. The number of benzene rings is 1. The number of hydrogen-bond acceptors (Lipinski definition) is 3. The van der Waals surface area contributed by atoms with Crippen LogP contribution in [0.5, 0.6) is 0 Å². The zero-order chi connectivity index (χ0) is 17.0. The number of halogens is 4. The lowest BCUT2D eigenvalue weighted by Gasteiger charge is -2.12. The van der Waals surface area contributed by atoms with Crippen LogP contribution >= 0.6 is 11.8 Å². The normalized spacial score (nSPS) is 12.7. The highest BCUT2D eigenvalue weighted by Crippen LogP contribution is 2.30. The van der Waals surface area contributed by atoms with Gasteiger partial charge < -0.3 is 5.32 Å². The fraction of sp³-hybridized carbons (Fsp3) is 0.200. The minimum atomic E-state index is -4.44. The molecule has 1 N–H and O–H groups in total. The Morgan fingerprint density at radius 2 is 1.83 bits per heavy atom. The van der Waals surface area contributed by atoms with Gasteiger partial charge in [-0.3, -0.25) is 4.79 Å². The smallest absolute Gasteiger partial charge is 0.325 e. The molecule has 0 saturated heterocycles. The van der Waals surface area contributed by atoms with Crippen molar-refractivity contribution in [3.8, 4) is 0 Å². The van der Waals surface area contributed by atoms with Crippen LogP contribution in [0.3, 0.4) is 0 Å². The number of alkyl halides is 3. The van der Waals surface area contributed by atoms with Crippen molar-refractivity contribution in [2.45, 2.75) is 23.4 Å². The molecule has 1 amide bonds. The number of hydrogen-bond donors (Lipinski definition) is 1. The van der Waals surface area contributed by atoms with E-state index in [9.17, 15) is 22.4 Å². The highest BCUT2D eigenvalue weighted by molar-refractivity contribution is 8.00. The maximum atomic E-state index is 12.8. The lowest BCUT2D eigenvalue weighted by atomic mass is 10.3. The summed E-state index contributed by atoms with van der Waals surface area (Å²) in [5, 5.41) is 2.32. The van der Waals surface area contributed by atoms with E-state index in [2.05, 4.69) is 10.3 Å². The number of carbonyl (C=O) groups is 1. The SMILES string of the molecule is CC(Sc1ccc(C(F)(F)F)cn1)C(=O)Nc1ccc(F)cc1. The van der Waals surface area contributed by atoms with Crippen molar-refractivity contribution >= 4 is 23.4 Å². The number of amides is 1. The fourth-order valence-electron chi connectivity index (χ4n) is 1.63. The Morgan fingerprint density at radius 3 is 2.35 bits per heavy atom. The molecule has 1 unspecified atom stereocenters. The van der Waals surface area contributed by atoms with Gasteiger partial charge in [0.05, 0.1) is 15.8 Å². The van der Waals surface area contributed by atoms with Crippen LogP contribution in [0.4, 0.5) is 23.2 Å². The Bertz CT molecular complexity index is 671. The highest BCUT2D eigenvalue weighted by Gasteiger charge is 2.30. The third-order valence-electron chi connectivity index (χ3n) is 2.84. The van der Waals surface area contributed by atoms with E-state index in [1.807, 2.05) is 0 Å². The van der Waals surface area contributed by atoms with Gasteiger partial charge in [0, 0.05) is 11.9 Å². The zero-order valence-corrected chi connectivity index (χ0v) is 12.7. The average Bonchev–Trinajstić information content (AvgIpc) is 2.49. The lowest BCUT2D eigenvalue weighted by Crippen LogP contribution is -2.22. The maximum Gasteiger partial charge on any atom is 0.417 e. The number of nitrogens with zero attached hydrogens (tertiary/aromatic N) is 1. The van der Waals surface area contributed by atoms with Crippen LogP contribution in [-0.4, -0.2) is 16.1 Å². The van der Waals surface area contributed by atoms with Crippen LogP contribution in [0.1, 0.15) is 12.5 Å². The molecule has 1 aromatic heterocycles. The van der Waals surface area contributed by atoms with Crippen LogP contribution in [0, 0.1) is 5.82 Å². The number of nitrogens with one attached hydrogen (secondary N) is 1. The topological polar surface area (TPSA) is 42.0 Å². The van der Waals surface area contributed by atoms with Gasteiger partial charge >= 0.3 is 6.18 Å². The van der Waals surface area contributed by atoms with Crippen molar-refractivity contribution in [2.24, 2.45) is 0 Å². The first-order chi connectivity index (χ1) is 10.8. The van der Waals surface area contributed by atoms with E-state index in [1.165, 1.54) is 30.3 Å². The molecule has 0 bridgehead atoms. The van der Waals surface area contributed by atoms with E-state index < -0.39 is 22.8 Å². The first-order valence-corrected chi connectivity index (χ1v) is 7.40. The first-order valence-electron chi connectivity index (χ1n) is 6.52. The third kappa shape index (κ3) is 4.95. The molecule has 1 atom stereocenters. The molecule has 0 aliphatic heterocycles. The van der Waals surface area contributed by atoms with Crippen molar-refractivity contribution < 1.29 is 22.4 Å². The van der Waals surface area contributed by atoms with Crippen LogP contribution < -0.4 is 5.32 Å². The van der Waals surface area contributed by atoms with Gasteiger partial charge in [-0.1, -0.05) is 11.8 Å². The van der Waals surface area contributed by atoms with E-state index >= 15 is 0 Å².